The molecule has 0 radical (unpaired) electrons. The molecule has 18 heavy (non-hydrogen) atoms. The summed E-state index contributed by atoms with van der Waals surface area (Å²) in [6.07, 6.45) is 8.36. The third kappa shape index (κ3) is 4.89. The first-order chi connectivity index (χ1) is 8.49. The van der Waals surface area contributed by atoms with Crippen LogP contribution in [-0.4, -0.2) is 37.1 Å². The largest absolute Gasteiger partial charge is 0.314 e. The molecule has 1 N–H and O–H groups in total. The molecule has 1 atom stereocenters. The van der Waals surface area contributed by atoms with E-state index in [9.17, 15) is 0 Å². The van der Waals surface area contributed by atoms with Gasteiger partial charge in [0.2, 0.25) is 0 Å². The number of hydrogen-bond acceptors (Lipinski definition) is 2. The molecule has 0 spiro atoms. The van der Waals surface area contributed by atoms with E-state index in [-0.39, 0.29) is 0 Å². The first-order valence-corrected chi connectivity index (χ1v) is 7.93. The molecule has 0 aromatic carbocycles. The van der Waals surface area contributed by atoms with Crippen LogP contribution in [0.5, 0.6) is 0 Å². The Hall–Kier alpha value is -0.0800. The zero-order valence-electron chi connectivity index (χ0n) is 13.3. The molecule has 2 heteroatoms. The normalized spacial score (nSPS) is 21.5. The molecule has 0 bridgehead atoms. The van der Waals surface area contributed by atoms with Crippen LogP contribution in [-0.2, 0) is 0 Å². The summed E-state index contributed by atoms with van der Waals surface area (Å²) in [5.41, 5.74) is 0.528. The Balaban J connectivity index is 2.59. The first-order valence-electron chi connectivity index (χ1n) is 7.93. The summed E-state index contributed by atoms with van der Waals surface area (Å²) in [6, 6.07) is 1.32. The Kier molecular flexibility index (Phi) is 6.65. The highest BCUT2D eigenvalue weighted by atomic mass is 15.1. The third-order valence-corrected chi connectivity index (χ3v) is 4.73. The van der Waals surface area contributed by atoms with Gasteiger partial charge in [0.25, 0.3) is 0 Å². The van der Waals surface area contributed by atoms with Gasteiger partial charge in [-0.25, -0.2) is 0 Å². The van der Waals surface area contributed by atoms with Crippen molar-refractivity contribution in [3.05, 3.63) is 0 Å². The molecule has 0 aromatic rings. The Morgan fingerprint density at radius 1 is 1.11 bits per heavy atom. The summed E-state index contributed by atoms with van der Waals surface area (Å²) in [5.74, 6) is 0. The van der Waals surface area contributed by atoms with Gasteiger partial charge >= 0.3 is 0 Å². The molecule has 1 rings (SSSR count). The number of nitrogens with one attached hydrogen (secondary N) is 1. The second-order valence-corrected chi connectivity index (χ2v) is 6.77. The van der Waals surface area contributed by atoms with E-state index in [0.29, 0.717) is 17.5 Å². The second-order valence-electron chi connectivity index (χ2n) is 6.77. The van der Waals surface area contributed by atoms with Crippen molar-refractivity contribution in [1.82, 2.24) is 10.2 Å². The monoisotopic (exact) mass is 254 g/mol. The Labute approximate surface area is 115 Å². The molecular weight excluding hydrogens is 220 g/mol. The molecular formula is C16H34N2. The molecule has 0 aromatic heterocycles. The zero-order chi connectivity index (χ0) is 13.6. The van der Waals surface area contributed by atoms with E-state index in [1.54, 1.807) is 0 Å². The van der Waals surface area contributed by atoms with Crippen LogP contribution < -0.4 is 5.32 Å². The fourth-order valence-corrected chi connectivity index (χ4v) is 3.11. The van der Waals surface area contributed by atoms with Gasteiger partial charge in [0, 0.05) is 25.2 Å². The number of nitrogens with zero attached hydrogens (tertiary/aromatic N) is 1. The van der Waals surface area contributed by atoms with E-state index in [1.807, 2.05) is 0 Å². The molecule has 0 heterocycles. The highest BCUT2D eigenvalue weighted by Gasteiger charge is 2.33. The molecule has 1 fully saturated rings. The molecule has 1 aliphatic carbocycles. The van der Waals surface area contributed by atoms with Gasteiger partial charge in [-0.05, 0) is 38.6 Å². The van der Waals surface area contributed by atoms with Gasteiger partial charge in [0.05, 0.1) is 0 Å². The van der Waals surface area contributed by atoms with Gasteiger partial charge in [-0.15, -0.1) is 0 Å². The van der Waals surface area contributed by atoms with E-state index in [2.05, 4.69) is 45.0 Å². The topological polar surface area (TPSA) is 15.3 Å². The molecule has 108 valence electrons. The Morgan fingerprint density at radius 2 is 1.72 bits per heavy atom. The first kappa shape index (κ1) is 16.0. The van der Waals surface area contributed by atoms with Crippen molar-refractivity contribution in [1.29, 1.82) is 0 Å². The standard InChI is InChI=1S/C16H34N2/c1-6-15(4)18(5)13-16(12-17-14(2)3)10-8-7-9-11-16/h14-15,17H,6-13H2,1-5H3. The van der Waals surface area contributed by atoms with Crippen molar-refractivity contribution in [3.8, 4) is 0 Å². The maximum atomic E-state index is 3.69. The molecule has 0 amide bonds. The van der Waals surface area contributed by atoms with Crippen LogP contribution in [0.2, 0.25) is 0 Å². The minimum atomic E-state index is 0.528. The predicted molar refractivity (Wildman–Crippen MR) is 81.0 cm³/mol. The summed E-state index contributed by atoms with van der Waals surface area (Å²) in [7, 11) is 2.31. The summed E-state index contributed by atoms with van der Waals surface area (Å²) in [6.45, 7) is 11.6. The maximum absolute atomic E-state index is 3.69. The van der Waals surface area contributed by atoms with Crippen molar-refractivity contribution < 1.29 is 0 Å². The van der Waals surface area contributed by atoms with Crippen molar-refractivity contribution in [2.24, 2.45) is 5.41 Å². The van der Waals surface area contributed by atoms with Crippen LogP contribution in [0.25, 0.3) is 0 Å². The van der Waals surface area contributed by atoms with E-state index in [4.69, 9.17) is 0 Å². The SMILES string of the molecule is CCC(C)N(C)CC1(CNC(C)C)CCCCC1. The lowest BCUT2D eigenvalue weighted by molar-refractivity contribution is 0.0939. The fourth-order valence-electron chi connectivity index (χ4n) is 3.11. The average molecular weight is 254 g/mol. The highest BCUT2D eigenvalue weighted by molar-refractivity contribution is 4.88. The van der Waals surface area contributed by atoms with Crippen molar-refractivity contribution >= 4 is 0 Å². The molecule has 0 saturated heterocycles. The second kappa shape index (κ2) is 7.49. The summed E-state index contributed by atoms with van der Waals surface area (Å²) in [4.78, 5) is 2.58. The Morgan fingerprint density at radius 3 is 2.22 bits per heavy atom. The minimum Gasteiger partial charge on any atom is -0.314 e. The van der Waals surface area contributed by atoms with Crippen LogP contribution in [0.3, 0.4) is 0 Å². The average Bonchev–Trinajstić information content (AvgIpc) is 2.36. The lowest BCUT2D eigenvalue weighted by atomic mass is 9.73. The summed E-state index contributed by atoms with van der Waals surface area (Å²) >= 11 is 0. The molecule has 2 nitrogen and oxygen atoms in total. The van der Waals surface area contributed by atoms with Gasteiger partial charge in [0.15, 0.2) is 0 Å². The van der Waals surface area contributed by atoms with E-state index in [1.165, 1.54) is 51.6 Å². The fraction of sp³-hybridized carbons (Fsp3) is 1.00. The lowest BCUT2D eigenvalue weighted by Crippen LogP contribution is -2.47. The van der Waals surface area contributed by atoms with E-state index in [0.717, 1.165) is 0 Å². The smallest absolute Gasteiger partial charge is 0.00614 e. The van der Waals surface area contributed by atoms with Gasteiger partial charge in [-0.3, -0.25) is 0 Å². The lowest BCUT2D eigenvalue weighted by Gasteiger charge is -2.42. The predicted octanol–water partition coefficient (Wildman–Crippen LogP) is 3.67. The number of hydrogen-bond donors (Lipinski definition) is 1. The van der Waals surface area contributed by atoms with Crippen LogP contribution in [0.15, 0.2) is 0 Å². The van der Waals surface area contributed by atoms with Gasteiger partial charge < -0.3 is 10.2 Å². The highest BCUT2D eigenvalue weighted by Crippen LogP contribution is 2.36. The Bertz CT molecular complexity index is 219. The van der Waals surface area contributed by atoms with Gasteiger partial charge in [-0.1, -0.05) is 40.0 Å². The number of rotatable bonds is 7. The minimum absolute atomic E-state index is 0.528. The van der Waals surface area contributed by atoms with Gasteiger partial charge in [0.1, 0.15) is 0 Å². The van der Waals surface area contributed by atoms with Crippen molar-refractivity contribution in [2.45, 2.75) is 78.3 Å². The summed E-state index contributed by atoms with van der Waals surface area (Å²) in [5, 5.41) is 3.69. The molecule has 0 aliphatic heterocycles. The van der Waals surface area contributed by atoms with Crippen molar-refractivity contribution in [2.75, 3.05) is 20.1 Å². The summed E-state index contributed by atoms with van der Waals surface area (Å²) < 4.78 is 0. The zero-order valence-corrected chi connectivity index (χ0v) is 13.3. The molecule has 1 saturated carbocycles. The third-order valence-electron chi connectivity index (χ3n) is 4.73. The van der Waals surface area contributed by atoms with E-state index >= 15 is 0 Å². The van der Waals surface area contributed by atoms with E-state index < -0.39 is 0 Å². The molecule has 1 aliphatic rings. The van der Waals surface area contributed by atoms with Gasteiger partial charge in [-0.2, -0.15) is 0 Å². The van der Waals surface area contributed by atoms with Crippen molar-refractivity contribution in [3.63, 3.8) is 0 Å². The van der Waals surface area contributed by atoms with Crippen LogP contribution >= 0.6 is 0 Å². The van der Waals surface area contributed by atoms with Crippen LogP contribution in [0.1, 0.15) is 66.2 Å². The maximum Gasteiger partial charge on any atom is 0.00614 e. The quantitative estimate of drug-likeness (QED) is 0.746. The molecule has 1 unspecified atom stereocenters. The van der Waals surface area contributed by atoms with Crippen LogP contribution in [0.4, 0.5) is 0 Å². The van der Waals surface area contributed by atoms with Crippen LogP contribution in [0, 0.1) is 5.41 Å².